The van der Waals surface area contributed by atoms with Crippen LogP contribution in [0.1, 0.15) is 37.8 Å². The number of nitriles is 1. The summed E-state index contributed by atoms with van der Waals surface area (Å²) in [5.74, 6) is -0.0682. The van der Waals surface area contributed by atoms with E-state index < -0.39 is 6.04 Å². The molecule has 0 saturated carbocycles. The van der Waals surface area contributed by atoms with E-state index >= 15 is 0 Å². The lowest BCUT2D eigenvalue weighted by atomic mass is 10.1. The molecule has 1 aromatic carbocycles. The number of carbonyl (C=O) groups excluding carboxylic acids is 1. The van der Waals surface area contributed by atoms with Gasteiger partial charge in [0.05, 0.1) is 6.07 Å². The Morgan fingerprint density at radius 3 is 2.65 bits per heavy atom. The van der Waals surface area contributed by atoms with E-state index in [1.165, 1.54) is 0 Å². The molecule has 0 bridgehead atoms. The average Bonchev–Trinajstić information content (AvgIpc) is 2.34. The Balaban J connectivity index is 2.63. The summed E-state index contributed by atoms with van der Waals surface area (Å²) in [6.07, 6.45) is 2.30. The van der Waals surface area contributed by atoms with Gasteiger partial charge in [0.25, 0.3) is 0 Å². The first-order valence-corrected chi connectivity index (χ1v) is 6.41. The molecule has 0 spiro atoms. The number of hydrogen-bond donors (Lipinski definition) is 1. The van der Waals surface area contributed by atoms with Crippen LogP contribution in [0.5, 0.6) is 0 Å². The van der Waals surface area contributed by atoms with Crippen LogP contribution in [0, 0.1) is 11.3 Å². The molecule has 1 N–H and O–H groups in total. The van der Waals surface area contributed by atoms with E-state index in [9.17, 15) is 4.79 Å². The highest BCUT2D eigenvalue weighted by molar-refractivity contribution is 9.10. The van der Waals surface area contributed by atoms with Gasteiger partial charge >= 0.3 is 0 Å². The summed E-state index contributed by atoms with van der Waals surface area (Å²) in [5.41, 5.74) is 0.806. The molecule has 0 aliphatic carbocycles. The van der Waals surface area contributed by atoms with Gasteiger partial charge in [0, 0.05) is 10.9 Å². The lowest BCUT2D eigenvalue weighted by molar-refractivity contribution is -0.121. The van der Waals surface area contributed by atoms with E-state index in [2.05, 4.69) is 27.3 Å². The Morgan fingerprint density at radius 2 is 2.12 bits per heavy atom. The molecule has 0 saturated heterocycles. The Kier molecular flexibility index (Phi) is 5.71. The van der Waals surface area contributed by atoms with Gasteiger partial charge in [-0.25, -0.2) is 0 Å². The fourth-order valence-electron chi connectivity index (χ4n) is 1.42. The van der Waals surface area contributed by atoms with Crippen LogP contribution in [-0.2, 0) is 4.79 Å². The van der Waals surface area contributed by atoms with E-state index in [4.69, 9.17) is 5.26 Å². The molecule has 0 radical (unpaired) electrons. The molecule has 17 heavy (non-hydrogen) atoms. The van der Waals surface area contributed by atoms with Gasteiger partial charge in [0.15, 0.2) is 0 Å². The van der Waals surface area contributed by atoms with Gasteiger partial charge in [-0.2, -0.15) is 5.26 Å². The van der Waals surface area contributed by atoms with Crippen LogP contribution in [0.2, 0.25) is 0 Å². The van der Waals surface area contributed by atoms with Crippen LogP contribution in [0.3, 0.4) is 0 Å². The minimum Gasteiger partial charge on any atom is -0.337 e. The molecule has 4 heteroatoms. The molecule has 0 aliphatic heterocycles. The van der Waals surface area contributed by atoms with E-state index in [-0.39, 0.29) is 5.91 Å². The van der Waals surface area contributed by atoms with E-state index in [1.54, 1.807) is 0 Å². The van der Waals surface area contributed by atoms with Crippen molar-refractivity contribution in [2.75, 3.05) is 0 Å². The monoisotopic (exact) mass is 294 g/mol. The van der Waals surface area contributed by atoms with Gasteiger partial charge in [0.2, 0.25) is 5.91 Å². The molecular weight excluding hydrogens is 280 g/mol. The predicted octanol–water partition coefficient (Wildman–Crippen LogP) is 3.32. The summed E-state index contributed by atoms with van der Waals surface area (Å²) in [6, 6.07) is 8.92. The smallest absolute Gasteiger partial charge is 0.221 e. The number of rotatable bonds is 5. The van der Waals surface area contributed by atoms with E-state index in [0.29, 0.717) is 6.42 Å². The second kappa shape index (κ2) is 7.08. The van der Waals surface area contributed by atoms with Crippen molar-refractivity contribution in [2.45, 2.75) is 32.2 Å². The quantitative estimate of drug-likeness (QED) is 0.906. The lowest BCUT2D eigenvalue weighted by Crippen LogP contribution is -2.27. The molecule has 1 atom stereocenters. The first kappa shape index (κ1) is 13.7. The molecule has 1 unspecified atom stereocenters. The van der Waals surface area contributed by atoms with Crippen molar-refractivity contribution in [1.82, 2.24) is 5.32 Å². The Morgan fingerprint density at radius 1 is 1.47 bits per heavy atom. The fraction of sp³-hybridized carbons (Fsp3) is 0.385. The Hall–Kier alpha value is -1.34. The number of amides is 1. The van der Waals surface area contributed by atoms with Gasteiger partial charge in [-0.3, -0.25) is 4.79 Å². The van der Waals surface area contributed by atoms with Crippen molar-refractivity contribution >= 4 is 21.8 Å². The van der Waals surface area contributed by atoms with Gasteiger partial charge < -0.3 is 5.32 Å². The van der Waals surface area contributed by atoms with Gasteiger partial charge in [-0.05, 0) is 24.1 Å². The maximum Gasteiger partial charge on any atom is 0.221 e. The minimum atomic E-state index is -0.563. The van der Waals surface area contributed by atoms with Crippen molar-refractivity contribution in [3.05, 3.63) is 34.3 Å². The van der Waals surface area contributed by atoms with Crippen molar-refractivity contribution in [2.24, 2.45) is 0 Å². The van der Waals surface area contributed by atoms with Crippen LogP contribution in [0.15, 0.2) is 28.7 Å². The number of nitrogens with zero attached hydrogens (tertiary/aromatic N) is 1. The number of hydrogen-bond acceptors (Lipinski definition) is 2. The van der Waals surface area contributed by atoms with Crippen molar-refractivity contribution < 1.29 is 4.79 Å². The normalized spacial score (nSPS) is 11.6. The summed E-state index contributed by atoms with van der Waals surface area (Å²) in [4.78, 5) is 11.5. The molecule has 0 fully saturated rings. The molecule has 1 amide bonds. The minimum absolute atomic E-state index is 0.0682. The van der Waals surface area contributed by atoms with E-state index in [0.717, 1.165) is 22.9 Å². The second-order valence-electron chi connectivity index (χ2n) is 3.78. The Bertz CT molecular complexity index is 408. The van der Waals surface area contributed by atoms with Crippen LogP contribution in [-0.4, -0.2) is 5.91 Å². The van der Waals surface area contributed by atoms with Crippen molar-refractivity contribution in [3.8, 4) is 6.07 Å². The number of benzene rings is 1. The summed E-state index contributed by atoms with van der Waals surface area (Å²) < 4.78 is 0.954. The zero-order valence-electron chi connectivity index (χ0n) is 9.74. The third-order valence-electron chi connectivity index (χ3n) is 2.40. The molecule has 1 rings (SSSR count). The molecule has 0 aromatic heterocycles. The molecular formula is C13H15BrN2O. The molecule has 3 nitrogen and oxygen atoms in total. The first-order valence-electron chi connectivity index (χ1n) is 5.61. The second-order valence-corrected chi connectivity index (χ2v) is 4.70. The topological polar surface area (TPSA) is 52.9 Å². The number of nitrogens with one attached hydrogen (secondary N) is 1. The summed E-state index contributed by atoms with van der Waals surface area (Å²) >= 11 is 3.33. The molecule has 90 valence electrons. The first-order chi connectivity index (χ1) is 8.17. The zero-order valence-corrected chi connectivity index (χ0v) is 11.3. The van der Waals surface area contributed by atoms with Gasteiger partial charge in [0.1, 0.15) is 6.04 Å². The number of halogens is 1. The van der Waals surface area contributed by atoms with Crippen molar-refractivity contribution in [1.29, 1.82) is 5.26 Å². The van der Waals surface area contributed by atoms with Crippen LogP contribution in [0.4, 0.5) is 0 Å². The summed E-state index contributed by atoms with van der Waals surface area (Å²) in [7, 11) is 0. The highest BCUT2D eigenvalue weighted by Crippen LogP contribution is 2.16. The van der Waals surface area contributed by atoms with E-state index in [1.807, 2.05) is 31.2 Å². The summed E-state index contributed by atoms with van der Waals surface area (Å²) in [5, 5.41) is 11.8. The third-order valence-corrected chi connectivity index (χ3v) is 2.92. The van der Waals surface area contributed by atoms with Crippen LogP contribution < -0.4 is 5.32 Å². The third kappa shape index (κ3) is 4.58. The number of carbonyl (C=O) groups is 1. The largest absolute Gasteiger partial charge is 0.337 e. The predicted molar refractivity (Wildman–Crippen MR) is 70.2 cm³/mol. The molecule has 1 aromatic rings. The lowest BCUT2D eigenvalue weighted by Gasteiger charge is -2.11. The fourth-order valence-corrected chi connectivity index (χ4v) is 1.68. The average molecular weight is 295 g/mol. The van der Waals surface area contributed by atoms with Crippen LogP contribution >= 0.6 is 15.9 Å². The van der Waals surface area contributed by atoms with Crippen molar-refractivity contribution in [3.63, 3.8) is 0 Å². The van der Waals surface area contributed by atoms with Gasteiger partial charge in [-0.1, -0.05) is 41.4 Å². The standard InChI is InChI=1S/C13H15BrN2O/c1-2-3-4-13(17)16-12(9-15)10-5-7-11(14)8-6-10/h5-8,12H,2-4H2,1H3,(H,16,17). The molecule has 0 aliphatic rings. The van der Waals surface area contributed by atoms with Crippen LogP contribution in [0.25, 0.3) is 0 Å². The number of unbranched alkanes of at least 4 members (excludes halogenated alkanes) is 1. The maximum absolute atomic E-state index is 11.5. The highest BCUT2D eigenvalue weighted by Gasteiger charge is 2.12. The summed E-state index contributed by atoms with van der Waals surface area (Å²) in [6.45, 7) is 2.03. The maximum atomic E-state index is 11.5. The highest BCUT2D eigenvalue weighted by atomic mass is 79.9. The molecule has 0 heterocycles. The zero-order chi connectivity index (χ0) is 12.7. The Labute approximate surface area is 110 Å². The van der Waals surface area contributed by atoms with Gasteiger partial charge in [-0.15, -0.1) is 0 Å². The SMILES string of the molecule is CCCCC(=O)NC(C#N)c1ccc(Br)cc1.